The summed E-state index contributed by atoms with van der Waals surface area (Å²) >= 11 is 5.99. The van der Waals surface area contributed by atoms with Crippen molar-refractivity contribution in [3.8, 4) is 0 Å². The normalized spacial score (nSPS) is 12.6. The summed E-state index contributed by atoms with van der Waals surface area (Å²) in [5.41, 5.74) is 2.29. The van der Waals surface area contributed by atoms with Crippen molar-refractivity contribution in [2.24, 2.45) is 7.05 Å². The first kappa shape index (κ1) is 15.0. The van der Waals surface area contributed by atoms with Crippen molar-refractivity contribution in [3.63, 3.8) is 0 Å². The average molecular weight is 434 g/mol. The highest BCUT2D eigenvalue weighted by atomic mass is 127. The Morgan fingerprint density at radius 3 is 2.84 bits per heavy atom. The Morgan fingerprint density at radius 2 is 2.21 bits per heavy atom. The van der Waals surface area contributed by atoms with Gasteiger partial charge >= 0.3 is 0 Å². The predicted octanol–water partition coefficient (Wildman–Crippen LogP) is 3.88. The lowest BCUT2D eigenvalue weighted by Gasteiger charge is -2.19. The Hall–Kier alpha value is -0.400. The van der Waals surface area contributed by atoms with E-state index in [1.54, 1.807) is 0 Å². The first-order valence-corrected chi connectivity index (χ1v) is 8.17. The summed E-state index contributed by atoms with van der Waals surface area (Å²) in [6.07, 6.45) is 3.09. The van der Waals surface area contributed by atoms with Gasteiger partial charge < -0.3 is 5.32 Å². The van der Waals surface area contributed by atoms with E-state index in [-0.39, 0.29) is 6.04 Å². The van der Waals surface area contributed by atoms with Gasteiger partial charge in [-0.3, -0.25) is 4.68 Å². The lowest BCUT2D eigenvalue weighted by atomic mass is 10.0. The number of benzene rings is 1. The fourth-order valence-electron chi connectivity index (χ4n) is 1.99. The molecule has 1 N–H and O–H groups in total. The summed E-state index contributed by atoms with van der Waals surface area (Å²) in [4.78, 5) is 0. The number of halogens is 2. The smallest absolute Gasteiger partial charge is 0.0839 e. The minimum Gasteiger partial charge on any atom is -0.305 e. The van der Waals surface area contributed by atoms with Crippen LogP contribution in [0.3, 0.4) is 0 Å². The molecule has 1 unspecified atom stereocenters. The number of aromatic nitrogens is 2. The molecular weight excluding hydrogens is 417 g/mol. The third-order valence-corrected chi connectivity index (χ3v) is 4.29. The fraction of sp³-hybridized carbons (Fsp3) is 0.357. The van der Waals surface area contributed by atoms with Crippen molar-refractivity contribution in [1.82, 2.24) is 15.1 Å². The molecule has 1 heterocycles. The van der Waals surface area contributed by atoms with Crippen LogP contribution in [0.5, 0.6) is 0 Å². The molecule has 0 radical (unpaired) electrons. The maximum atomic E-state index is 4.54. The van der Waals surface area contributed by atoms with Gasteiger partial charge in [0.05, 0.1) is 11.7 Å². The van der Waals surface area contributed by atoms with Gasteiger partial charge in [-0.05, 0) is 65.4 Å². The minimum absolute atomic E-state index is 0.130. The van der Waals surface area contributed by atoms with Gasteiger partial charge in [0, 0.05) is 21.3 Å². The minimum atomic E-state index is 0.130. The Labute approximate surface area is 136 Å². The van der Waals surface area contributed by atoms with Crippen LogP contribution in [0.4, 0.5) is 0 Å². The molecule has 2 rings (SSSR count). The van der Waals surface area contributed by atoms with E-state index in [1.807, 2.05) is 17.9 Å². The lowest BCUT2D eigenvalue weighted by molar-refractivity contribution is 0.574. The molecule has 0 aliphatic rings. The zero-order chi connectivity index (χ0) is 13.8. The van der Waals surface area contributed by atoms with Gasteiger partial charge in [0.15, 0.2) is 0 Å². The van der Waals surface area contributed by atoms with Gasteiger partial charge in [0.1, 0.15) is 0 Å². The van der Waals surface area contributed by atoms with E-state index in [4.69, 9.17) is 0 Å². The summed E-state index contributed by atoms with van der Waals surface area (Å²) < 4.78 is 4.19. The highest BCUT2D eigenvalue weighted by Crippen LogP contribution is 2.29. The van der Waals surface area contributed by atoms with Crippen molar-refractivity contribution >= 4 is 38.5 Å². The van der Waals surface area contributed by atoms with E-state index in [2.05, 4.69) is 80.1 Å². The molecule has 2 aromatic rings. The van der Waals surface area contributed by atoms with Crippen LogP contribution in [0.15, 0.2) is 34.9 Å². The molecule has 0 bridgehead atoms. The summed E-state index contributed by atoms with van der Waals surface area (Å²) in [6.45, 7) is 3.14. The zero-order valence-electron chi connectivity index (χ0n) is 11.0. The monoisotopic (exact) mass is 433 g/mol. The van der Waals surface area contributed by atoms with Crippen LogP contribution in [-0.2, 0) is 7.05 Å². The maximum Gasteiger partial charge on any atom is 0.0839 e. The van der Waals surface area contributed by atoms with Crippen LogP contribution in [0.1, 0.15) is 30.6 Å². The van der Waals surface area contributed by atoms with Crippen LogP contribution in [0, 0.1) is 3.57 Å². The molecule has 1 aromatic heterocycles. The number of rotatable bonds is 5. The van der Waals surface area contributed by atoms with E-state index in [0.29, 0.717) is 0 Å². The molecule has 0 saturated heterocycles. The molecule has 3 nitrogen and oxygen atoms in total. The molecule has 0 aliphatic carbocycles. The molecule has 0 amide bonds. The molecular formula is C14H17BrIN3. The van der Waals surface area contributed by atoms with E-state index in [1.165, 1.54) is 9.13 Å². The van der Waals surface area contributed by atoms with Crippen molar-refractivity contribution in [2.75, 3.05) is 6.54 Å². The molecule has 102 valence electrons. The Kier molecular flexibility index (Phi) is 5.41. The van der Waals surface area contributed by atoms with Crippen LogP contribution in [0.2, 0.25) is 0 Å². The number of nitrogens with one attached hydrogen (secondary N) is 1. The van der Waals surface area contributed by atoms with Crippen molar-refractivity contribution in [1.29, 1.82) is 0 Å². The number of aryl methyl sites for hydroxylation is 1. The quantitative estimate of drug-likeness (QED) is 0.725. The van der Waals surface area contributed by atoms with Gasteiger partial charge in [-0.25, -0.2) is 0 Å². The maximum absolute atomic E-state index is 4.54. The van der Waals surface area contributed by atoms with Gasteiger partial charge in [-0.1, -0.05) is 22.9 Å². The molecule has 5 heteroatoms. The SMILES string of the molecule is CCCNC(c1ccn(C)n1)c1cc(I)ccc1Br. The number of nitrogens with zero attached hydrogens (tertiary/aromatic N) is 2. The molecule has 19 heavy (non-hydrogen) atoms. The van der Waals surface area contributed by atoms with Crippen molar-refractivity contribution < 1.29 is 0 Å². The summed E-state index contributed by atoms with van der Waals surface area (Å²) in [6, 6.07) is 8.60. The third kappa shape index (κ3) is 3.79. The van der Waals surface area contributed by atoms with E-state index in [0.717, 1.165) is 23.1 Å². The molecule has 0 fully saturated rings. The topological polar surface area (TPSA) is 29.9 Å². The predicted molar refractivity (Wildman–Crippen MR) is 90.2 cm³/mol. The third-order valence-electron chi connectivity index (χ3n) is 2.90. The molecule has 0 spiro atoms. The van der Waals surface area contributed by atoms with Crippen LogP contribution >= 0.6 is 38.5 Å². The summed E-state index contributed by atoms with van der Waals surface area (Å²) in [7, 11) is 1.95. The van der Waals surface area contributed by atoms with Gasteiger partial charge in [-0.15, -0.1) is 0 Å². The summed E-state index contributed by atoms with van der Waals surface area (Å²) in [5.74, 6) is 0. The molecule has 0 aliphatic heterocycles. The molecule has 0 saturated carbocycles. The Bertz CT molecular complexity index is 553. The Balaban J connectivity index is 2.39. The van der Waals surface area contributed by atoms with Crippen LogP contribution in [0.25, 0.3) is 0 Å². The zero-order valence-corrected chi connectivity index (χ0v) is 14.8. The van der Waals surface area contributed by atoms with E-state index >= 15 is 0 Å². The molecule has 1 aromatic carbocycles. The number of hydrogen-bond acceptors (Lipinski definition) is 2. The van der Waals surface area contributed by atoms with Crippen molar-refractivity contribution in [3.05, 3.63) is 49.8 Å². The standard InChI is InChI=1S/C14H17BrIN3/c1-3-7-17-14(13-6-8-19(2)18-13)11-9-10(16)4-5-12(11)15/h4-6,8-9,14,17H,3,7H2,1-2H3. The average Bonchev–Trinajstić information content (AvgIpc) is 2.80. The van der Waals surface area contributed by atoms with Gasteiger partial charge in [0.25, 0.3) is 0 Å². The second-order valence-electron chi connectivity index (χ2n) is 4.47. The lowest BCUT2D eigenvalue weighted by Crippen LogP contribution is -2.24. The van der Waals surface area contributed by atoms with Gasteiger partial charge in [-0.2, -0.15) is 5.10 Å². The van der Waals surface area contributed by atoms with Crippen LogP contribution < -0.4 is 5.32 Å². The number of hydrogen-bond donors (Lipinski definition) is 1. The van der Waals surface area contributed by atoms with Crippen molar-refractivity contribution in [2.45, 2.75) is 19.4 Å². The second kappa shape index (κ2) is 6.85. The van der Waals surface area contributed by atoms with E-state index < -0.39 is 0 Å². The van der Waals surface area contributed by atoms with Crippen LogP contribution in [-0.4, -0.2) is 16.3 Å². The highest BCUT2D eigenvalue weighted by Gasteiger charge is 2.18. The fourth-order valence-corrected chi connectivity index (χ4v) is 2.98. The largest absolute Gasteiger partial charge is 0.305 e. The first-order valence-electron chi connectivity index (χ1n) is 6.29. The Morgan fingerprint density at radius 1 is 1.42 bits per heavy atom. The molecule has 1 atom stereocenters. The van der Waals surface area contributed by atoms with E-state index in [9.17, 15) is 0 Å². The first-order chi connectivity index (χ1) is 9.11. The summed E-state index contributed by atoms with van der Waals surface area (Å²) in [5, 5.41) is 8.12. The highest BCUT2D eigenvalue weighted by molar-refractivity contribution is 14.1. The van der Waals surface area contributed by atoms with Gasteiger partial charge in [0.2, 0.25) is 0 Å². The second-order valence-corrected chi connectivity index (χ2v) is 6.57.